The molecule has 1 aliphatic carbocycles. The van der Waals surface area contributed by atoms with E-state index in [9.17, 15) is 10.2 Å². The second-order valence-electron chi connectivity index (χ2n) is 3.73. The number of hydrogen-bond acceptors (Lipinski definition) is 2. The zero-order chi connectivity index (χ0) is 10.9. The van der Waals surface area contributed by atoms with Gasteiger partial charge in [-0.05, 0) is 0 Å². The van der Waals surface area contributed by atoms with Gasteiger partial charge in [-0.3, -0.25) is 0 Å². The van der Waals surface area contributed by atoms with Crippen LogP contribution in [0.15, 0.2) is 22.8 Å². The van der Waals surface area contributed by atoms with Crippen LogP contribution in [0.5, 0.6) is 0 Å². The van der Waals surface area contributed by atoms with Crippen LogP contribution in [0.25, 0.3) is 0 Å². The maximum atomic E-state index is 10.3. The monoisotopic (exact) mass is 191 g/mol. The van der Waals surface area contributed by atoms with Crippen molar-refractivity contribution in [3.8, 4) is 0 Å². The molecule has 1 aliphatic rings. The minimum absolute atomic E-state index is 0.592. The van der Waals surface area contributed by atoms with E-state index in [0.717, 1.165) is 16.7 Å². The summed E-state index contributed by atoms with van der Waals surface area (Å²) in [6.07, 6.45) is 1.75. The standard InChI is InChI=1S/C11H16BO2/c1-4-9-5-10(13)7(2)8(3)11(9,14)6-12/h5-6,10,13-14H,4H2,1-3H3. The maximum absolute atomic E-state index is 10.3. The Balaban J connectivity index is 3.26. The molecule has 0 saturated heterocycles. The van der Waals surface area contributed by atoms with Gasteiger partial charge in [0.05, 0.1) is 0 Å². The van der Waals surface area contributed by atoms with Crippen LogP contribution in [0.3, 0.4) is 0 Å². The van der Waals surface area contributed by atoms with Crippen molar-refractivity contribution >= 4 is 13.5 Å². The molecular formula is C11H16BO2. The van der Waals surface area contributed by atoms with Gasteiger partial charge in [0.25, 0.3) is 0 Å². The molecule has 2 N–H and O–H groups in total. The van der Waals surface area contributed by atoms with Gasteiger partial charge in [-0.15, -0.1) is 0 Å². The van der Waals surface area contributed by atoms with Crippen molar-refractivity contribution in [3.63, 3.8) is 0 Å². The van der Waals surface area contributed by atoms with E-state index in [0.29, 0.717) is 6.42 Å². The van der Waals surface area contributed by atoms with Crippen molar-refractivity contribution in [2.75, 3.05) is 0 Å². The Bertz CT molecular complexity index is 317. The molecule has 0 spiro atoms. The SMILES string of the molecule is [B]=CC1(O)C(CC)=CC(O)C(C)=C1C. The summed E-state index contributed by atoms with van der Waals surface area (Å²) in [5, 5.41) is 20.0. The number of aliphatic hydroxyl groups is 2. The van der Waals surface area contributed by atoms with Crippen molar-refractivity contribution in [3.05, 3.63) is 22.8 Å². The van der Waals surface area contributed by atoms with Crippen molar-refractivity contribution < 1.29 is 10.2 Å². The van der Waals surface area contributed by atoms with E-state index in [1.165, 1.54) is 5.97 Å². The summed E-state index contributed by atoms with van der Waals surface area (Å²) in [6.45, 7) is 5.53. The molecule has 3 heteroatoms. The predicted molar refractivity (Wildman–Crippen MR) is 59.5 cm³/mol. The topological polar surface area (TPSA) is 40.5 Å². The van der Waals surface area contributed by atoms with Gasteiger partial charge in [0.2, 0.25) is 0 Å². The molecule has 0 heterocycles. The Kier molecular flexibility index (Phi) is 3.12. The molecule has 2 nitrogen and oxygen atoms in total. The minimum atomic E-state index is -1.17. The Labute approximate surface area is 86.0 Å². The van der Waals surface area contributed by atoms with Crippen LogP contribution < -0.4 is 0 Å². The third kappa shape index (κ3) is 1.51. The van der Waals surface area contributed by atoms with Crippen molar-refractivity contribution in [2.45, 2.75) is 38.9 Å². The van der Waals surface area contributed by atoms with Crippen LogP contribution in [-0.4, -0.2) is 35.4 Å². The average molecular weight is 191 g/mol. The van der Waals surface area contributed by atoms with E-state index < -0.39 is 11.7 Å². The van der Waals surface area contributed by atoms with Crippen molar-refractivity contribution in [2.24, 2.45) is 0 Å². The fourth-order valence-corrected chi connectivity index (χ4v) is 1.83. The summed E-state index contributed by atoms with van der Waals surface area (Å²) in [5.41, 5.74) is 1.09. The first kappa shape index (κ1) is 11.4. The van der Waals surface area contributed by atoms with Crippen molar-refractivity contribution in [1.82, 2.24) is 0 Å². The molecule has 75 valence electrons. The van der Waals surface area contributed by atoms with Crippen molar-refractivity contribution in [1.29, 1.82) is 0 Å². The number of rotatable bonds is 2. The molecule has 0 aromatic heterocycles. The summed E-state index contributed by atoms with van der Waals surface area (Å²) in [6, 6.07) is 0. The average Bonchev–Trinajstić information content (AvgIpc) is 2.20. The summed E-state index contributed by atoms with van der Waals surface area (Å²) in [5.74, 6) is 1.28. The first-order valence-electron chi connectivity index (χ1n) is 4.83. The van der Waals surface area contributed by atoms with E-state index in [1.54, 1.807) is 19.9 Å². The van der Waals surface area contributed by atoms with E-state index in [-0.39, 0.29) is 0 Å². The van der Waals surface area contributed by atoms with Crippen LogP contribution in [0.2, 0.25) is 0 Å². The third-order valence-electron chi connectivity index (χ3n) is 3.08. The van der Waals surface area contributed by atoms with Gasteiger partial charge in [-0.25, -0.2) is 0 Å². The van der Waals surface area contributed by atoms with E-state index in [4.69, 9.17) is 7.49 Å². The number of aliphatic hydroxyl groups excluding tert-OH is 1. The van der Waals surface area contributed by atoms with Crippen LogP contribution in [-0.2, 0) is 0 Å². The summed E-state index contributed by atoms with van der Waals surface area (Å²) >= 11 is 0. The molecule has 0 aromatic rings. The predicted octanol–water partition coefficient (Wildman–Crippen LogP) is 0.735. The van der Waals surface area contributed by atoms with Gasteiger partial charge in [0, 0.05) is 0 Å². The molecule has 0 saturated carbocycles. The van der Waals surface area contributed by atoms with Crippen LogP contribution in [0, 0.1) is 0 Å². The Morgan fingerprint density at radius 2 is 2.14 bits per heavy atom. The molecular weight excluding hydrogens is 175 g/mol. The van der Waals surface area contributed by atoms with Gasteiger partial charge < -0.3 is 0 Å². The summed E-state index contributed by atoms with van der Waals surface area (Å²) < 4.78 is 0. The second kappa shape index (κ2) is 3.83. The fraction of sp³-hybridized carbons (Fsp3) is 0.545. The molecule has 0 fully saturated rings. The molecule has 2 unspecified atom stereocenters. The van der Waals surface area contributed by atoms with Gasteiger partial charge in [-0.1, -0.05) is 0 Å². The summed E-state index contributed by atoms with van der Waals surface area (Å²) in [7, 11) is 5.47. The van der Waals surface area contributed by atoms with E-state index >= 15 is 0 Å². The molecule has 1 rings (SSSR count). The normalized spacial score (nSPS) is 32.9. The first-order chi connectivity index (χ1) is 6.47. The molecule has 14 heavy (non-hydrogen) atoms. The second-order valence-corrected chi connectivity index (χ2v) is 3.73. The van der Waals surface area contributed by atoms with Gasteiger partial charge in [0.1, 0.15) is 0 Å². The molecule has 1 radical (unpaired) electrons. The molecule has 0 bridgehead atoms. The zero-order valence-electron chi connectivity index (χ0n) is 8.91. The fourth-order valence-electron chi connectivity index (χ4n) is 1.83. The first-order valence-corrected chi connectivity index (χ1v) is 4.83. The zero-order valence-corrected chi connectivity index (χ0v) is 8.91. The number of hydrogen-bond donors (Lipinski definition) is 2. The van der Waals surface area contributed by atoms with Crippen LogP contribution >= 0.6 is 0 Å². The Morgan fingerprint density at radius 1 is 1.57 bits per heavy atom. The van der Waals surface area contributed by atoms with Gasteiger partial charge >= 0.3 is 85.4 Å². The van der Waals surface area contributed by atoms with E-state index in [2.05, 4.69) is 0 Å². The Morgan fingerprint density at radius 3 is 2.57 bits per heavy atom. The molecule has 2 atom stereocenters. The molecule has 0 amide bonds. The van der Waals surface area contributed by atoms with E-state index in [1.807, 2.05) is 6.92 Å². The van der Waals surface area contributed by atoms with Gasteiger partial charge in [-0.2, -0.15) is 0 Å². The summed E-state index contributed by atoms with van der Waals surface area (Å²) in [4.78, 5) is 0. The van der Waals surface area contributed by atoms with Crippen LogP contribution in [0.1, 0.15) is 27.2 Å². The Hall–Kier alpha value is -0.665. The molecule has 0 aromatic carbocycles. The molecule has 0 aliphatic heterocycles. The van der Waals surface area contributed by atoms with Crippen LogP contribution in [0.4, 0.5) is 0 Å². The van der Waals surface area contributed by atoms with Gasteiger partial charge in [0.15, 0.2) is 0 Å². The quantitative estimate of drug-likeness (QED) is 0.499. The third-order valence-corrected chi connectivity index (χ3v) is 3.08.